The van der Waals surface area contributed by atoms with Crippen LogP contribution in [-0.2, 0) is 4.74 Å². The lowest BCUT2D eigenvalue weighted by molar-refractivity contribution is 0.0164. The minimum Gasteiger partial charge on any atom is -0.497 e. The summed E-state index contributed by atoms with van der Waals surface area (Å²) in [4.78, 5) is 16.4. The molecule has 0 bridgehead atoms. The molecule has 6 nitrogen and oxygen atoms in total. The van der Waals surface area contributed by atoms with Gasteiger partial charge in [0.1, 0.15) is 5.75 Å². The number of urea groups is 1. The van der Waals surface area contributed by atoms with Crippen LogP contribution in [0.15, 0.2) is 24.3 Å². The molecule has 24 heavy (non-hydrogen) atoms. The molecule has 6 heteroatoms. The van der Waals surface area contributed by atoms with Crippen molar-refractivity contribution >= 4 is 6.03 Å². The number of morpholine rings is 1. The van der Waals surface area contributed by atoms with Crippen LogP contribution < -0.4 is 10.1 Å². The molecule has 1 saturated heterocycles. The summed E-state index contributed by atoms with van der Waals surface area (Å²) in [5.41, 5.74) is 1.15. The van der Waals surface area contributed by atoms with E-state index in [-0.39, 0.29) is 12.1 Å². The van der Waals surface area contributed by atoms with E-state index in [0.29, 0.717) is 19.6 Å². The highest BCUT2D eigenvalue weighted by molar-refractivity contribution is 5.74. The number of nitrogens with zero attached hydrogens (tertiary/aromatic N) is 2. The van der Waals surface area contributed by atoms with Crippen LogP contribution in [0.3, 0.4) is 0 Å². The van der Waals surface area contributed by atoms with Crippen LogP contribution in [0, 0.1) is 0 Å². The van der Waals surface area contributed by atoms with Crippen LogP contribution in [0.1, 0.15) is 25.5 Å². The number of methoxy groups -OCH3 is 1. The summed E-state index contributed by atoms with van der Waals surface area (Å²) < 4.78 is 10.8. The van der Waals surface area contributed by atoms with Crippen molar-refractivity contribution in [1.82, 2.24) is 15.1 Å². The molecule has 0 aliphatic carbocycles. The molecule has 0 radical (unpaired) electrons. The quantitative estimate of drug-likeness (QED) is 0.829. The molecule has 1 atom stereocenters. The topological polar surface area (TPSA) is 54.0 Å². The third-order valence-corrected chi connectivity index (χ3v) is 4.46. The number of amides is 2. The van der Waals surface area contributed by atoms with Gasteiger partial charge >= 0.3 is 6.03 Å². The van der Waals surface area contributed by atoms with E-state index in [1.165, 1.54) is 0 Å². The fourth-order valence-electron chi connectivity index (χ4n) is 3.00. The zero-order valence-corrected chi connectivity index (χ0v) is 15.0. The van der Waals surface area contributed by atoms with E-state index in [9.17, 15) is 4.79 Å². The largest absolute Gasteiger partial charge is 0.497 e. The van der Waals surface area contributed by atoms with Crippen molar-refractivity contribution in [2.45, 2.75) is 19.9 Å². The number of carbonyl (C=O) groups is 1. The first-order valence-electron chi connectivity index (χ1n) is 8.68. The Morgan fingerprint density at radius 1 is 1.33 bits per heavy atom. The lowest BCUT2D eigenvalue weighted by atomic mass is 10.0. The summed E-state index contributed by atoms with van der Waals surface area (Å²) in [7, 11) is 1.67. The second-order valence-electron chi connectivity index (χ2n) is 5.80. The van der Waals surface area contributed by atoms with Crippen molar-refractivity contribution < 1.29 is 14.3 Å². The first-order valence-corrected chi connectivity index (χ1v) is 8.68. The third-order valence-electron chi connectivity index (χ3n) is 4.46. The predicted octanol–water partition coefficient (Wildman–Crippen LogP) is 2.12. The molecular formula is C18H29N3O3. The summed E-state index contributed by atoms with van der Waals surface area (Å²) in [6, 6.07) is 8.17. The Morgan fingerprint density at radius 3 is 2.67 bits per heavy atom. The second kappa shape index (κ2) is 9.49. The van der Waals surface area contributed by atoms with Crippen molar-refractivity contribution in [1.29, 1.82) is 0 Å². The van der Waals surface area contributed by atoms with E-state index in [4.69, 9.17) is 9.47 Å². The van der Waals surface area contributed by atoms with Gasteiger partial charge in [0, 0.05) is 32.7 Å². The van der Waals surface area contributed by atoms with Gasteiger partial charge in [0.15, 0.2) is 0 Å². The molecule has 1 unspecified atom stereocenters. The Kier molecular flexibility index (Phi) is 7.34. The van der Waals surface area contributed by atoms with Gasteiger partial charge in [-0.25, -0.2) is 4.79 Å². The highest BCUT2D eigenvalue weighted by Gasteiger charge is 2.24. The first-order chi connectivity index (χ1) is 11.7. The van der Waals surface area contributed by atoms with Gasteiger partial charge in [-0.2, -0.15) is 0 Å². The molecular weight excluding hydrogens is 306 g/mol. The molecule has 1 aromatic rings. The maximum absolute atomic E-state index is 12.3. The van der Waals surface area contributed by atoms with Crippen molar-refractivity contribution in [3.8, 4) is 5.75 Å². The van der Waals surface area contributed by atoms with Gasteiger partial charge in [0.05, 0.1) is 26.4 Å². The van der Waals surface area contributed by atoms with E-state index in [0.717, 1.165) is 37.6 Å². The summed E-state index contributed by atoms with van der Waals surface area (Å²) in [6.45, 7) is 9.16. The van der Waals surface area contributed by atoms with Crippen LogP contribution in [0.4, 0.5) is 4.79 Å². The molecule has 1 aliphatic heterocycles. The fourth-order valence-corrected chi connectivity index (χ4v) is 3.00. The highest BCUT2D eigenvalue weighted by atomic mass is 16.5. The highest BCUT2D eigenvalue weighted by Crippen LogP contribution is 2.24. The number of nitrogens with one attached hydrogen (secondary N) is 1. The predicted molar refractivity (Wildman–Crippen MR) is 94.4 cm³/mol. The smallest absolute Gasteiger partial charge is 0.317 e. The Balaban J connectivity index is 2.11. The van der Waals surface area contributed by atoms with Gasteiger partial charge in [0.25, 0.3) is 0 Å². The molecule has 1 fully saturated rings. The van der Waals surface area contributed by atoms with E-state index in [1.807, 2.05) is 32.0 Å². The molecule has 0 saturated carbocycles. The maximum Gasteiger partial charge on any atom is 0.317 e. The van der Waals surface area contributed by atoms with Crippen molar-refractivity contribution in [2.24, 2.45) is 0 Å². The first kappa shape index (κ1) is 18.5. The zero-order valence-electron chi connectivity index (χ0n) is 15.0. The van der Waals surface area contributed by atoms with Crippen LogP contribution in [0.5, 0.6) is 5.75 Å². The summed E-state index contributed by atoms with van der Waals surface area (Å²) in [5, 5.41) is 3.08. The third kappa shape index (κ3) is 4.85. The van der Waals surface area contributed by atoms with Crippen molar-refractivity contribution in [3.63, 3.8) is 0 Å². The van der Waals surface area contributed by atoms with Crippen LogP contribution in [-0.4, -0.2) is 68.9 Å². The Morgan fingerprint density at radius 2 is 2.04 bits per heavy atom. The molecule has 2 rings (SSSR count). The normalized spacial score (nSPS) is 16.5. The molecule has 1 N–H and O–H groups in total. The Labute approximate surface area is 144 Å². The Bertz CT molecular complexity index is 514. The minimum atomic E-state index is -0.0128. The molecule has 1 aliphatic rings. The van der Waals surface area contributed by atoms with E-state index >= 15 is 0 Å². The summed E-state index contributed by atoms with van der Waals surface area (Å²) in [5.74, 6) is 0.834. The van der Waals surface area contributed by atoms with Crippen molar-refractivity contribution in [2.75, 3.05) is 53.0 Å². The molecule has 2 amide bonds. The number of benzene rings is 1. The lowest BCUT2D eigenvalue weighted by Gasteiger charge is -2.35. The number of carbonyl (C=O) groups excluding carboxylic acids is 1. The van der Waals surface area contributed by atoms with Gasteiger partial charge in [0.2, 0.25) is 0 Å². The lowest BCUT2D eigenvalue weighted by Crippen LogP contribution is -2.46. The number of hydrogen-bond acceptors (Lipinski definition) is 4. The monoisotopic (exact) mass is 335 g/mol. The number of rotatable bonds is 7. The number of ether oxygens (including phenoxy) is 2. The fraction of sp³-hybridized carbons (Fsp3) is 0.611. The van der Waals surface area contributed by atoms with E-state index < -0.39 is 0 Å². The zero-order chi connectivity index (χ0) is 17.4. The standard InChI is InChI=1S/C18H29N3O3/c1-4-20(5-2)18(22)19-14-17(21-9-11-24-12-10-21)15-7-6-8-16(13-15)23-3/h6-8,13,17H,4-5,9-12,14H2,1-3H3,(H,19,22). The minimum absolute atomic E-state index is 0.0128. The SMILES string of the molecule is CCN(CC)C(=O)NCC(c1cccc(OC)c1)N1CCOCC1. The van der Waals surface area contributed by atoms with Gasteiger partial charge in [-0.15, -0.1) is 0 Å². The molecule has 134 valence electrons. The average molecular weight is 335 g/mol. The van der Waals surface area contributed by atoms with Gasteiger partial charge < -0.3 is 19.7 Å². The van der Waals surface area contributed by atoms with Gasteiger partial charge in [-0.1, -0.05) is 12.1 Å². The van der Waals surface area contributed by atoms with Crippen LogP contribution >= 0.6 is 0 Å². The second-order valence-corrected chi connectivity index (χ2v) is 5.80. The maximum atomic E-state index is 12.3. The van der Waals surface area contributed by atoms with E-state index in [2.05, 4.69) is 16.3 Å². The summed E-state index contributed by atoms with van der Waals surface area (Å²) >= 11 is 0. The molecule has 1 heterocycles. The average Bonchev–Trinajstić information content (AvgIpc) is 2.64. The van der Waals surface area contributed by atoms with Gasteiger partial charge in [-0.3, -0.25) is 4.90 Å². The van der Waals surface area contributed by atoms with Crippen LogP contribution in [0.25, 0.3) is 0 Å². The van der Waals surface area contributed by atoms with Crippen LogP contribution in [0.2, 0.25) is 0 Å². The van der Waals surface area contributed by atoms with E-state index in [1.54, 1.807) is 12.0 Å². The molecule has 0 aromatic heterocycles. The van der Waals surface area contributed by atoms with Crippen molar-refractivity contribution in [3.05, 3.63) is 29.8 Å². The molecule has 1 aromatic carbocycles. The summed E-state index contributed by atoms with van der Waals surface area (Å²) in [6.07, 6.45) is 0. The van der Waals surface area contributed by atoms with Gasteiger partial charge in [-0.05, 0) is 31.5 Å². The molecule has 0 spiro atoms. The number of hydrogen-bond donors (Lipinski definition) is 1. The Hall–Kier alpha value is -1.79.